The summed E-state index contributed by atoms with van der Waals surface area (Å²) in [6.07, 6.45) is 3.55. The van der Waals surface area contributed by atoms with Crippen LogP contribution in [0.25, 0.3) is 11.1 Å². The minimum Gasteiger partial charge on any atom is -0.393 e. The van der Waals surface area contributed by atoms with Crippen molar-refractivity contribution in [1.82, 2.24) is 0 Å². The normalized spacial score (nSPS) is 33.8. The molecule has 1 N–H and O–H groups in total. The zero-order chi connectivity index (χ0) is 18.8. The zero-order valence-corrected chi connectivity index (χ0v) is 14.8. The SMILES string of the molecule is C[C@@]12C=C[C@@](CO)(O1)[C@@H]1C(=O)N(c3ccccc3-c3ccccc3)C(=O)[C@H]12. The van der Waals surface area contributed by atoms with Crippen molar-refractivity contribution in [3.05, 3.63) is 66.7 Å². The monoisotopic (exact) mass is 361 g/mol. The Morgan fingerprint density at radius 1 is 0.963 bits per heavy atom. The van der Waals surface area contributed by atoms with Crippen molar-refractivity contribution >= 4 is 17.5 Å². The fourth-order valence-electron chi connectivity index (χ4n) is 4.81. The number of para-hydroxylation sites is 1. The molecule has 0 radical (unpaired) electrons. The van der Waals surface area contributed by atoms with Gasteiger partial charge in [-0.2, -0.15) is 0 Å². The Hall–Kier alpha value is -2.76. The van der Waals surface area contributed by atoms with Gasteiger partial charge in [-0.3, -0.25) is 9.59 Å². The van der Waals surface area contributed by atoms with Crippen molar-refractivity contribution in [2.24, 2.45) is 11.8 Å². The third-order valence-electron chi connectivity index (χ3n) is 6.03. The standard InChI is InChI=1S/C22H19NO4/c1-21-11-12-22(13-24,27-21)18-17(21)19(25)23(20(18)26)16-10-6-5-9-15(16)14-7-3-2-4-8-14/h2-12,17-18,24H,13H2,1H3/t17-,18-,21-,22-/m0/s1. The fraction of sp³-hybridized carbons (Fsp3) is 0.273. The first-order valence-corrected chi connectivity index (χ1v) is 9.04. The molecule has 4 atom stereocenters. The van der Waals surface area contributed by atoms with E-state index in [4.69, 9.17) is 4.74 Å². The fourth-order valence-corrected chi connectivity index (χ4v) is 4.81. The van der Waals surface area contributed by atoms with Gasteiger partial charge in [-0.1, -0.05) is 60.7 Å². The molecule has 5 nitrogen and oxygen atoms in total. The summed E-state index contributed by atoms with van der Waals surface area (Å²) in [7, 11) is 0. The summed E-state index contributed by atoms with van der Waals surface area (Å²) >= 11 is 0. The molecule has 2 bridgehead atoms. The molecule has 5 heteroatoms. The van der Waals surface area contributed by atoms with E-state index in [0.717, 1.165) is 11.1 Å². The zero-order valence-electron chi connectivity index (χ0n) is 14.8. The molecule has 2 amide bonds. The van der Waals surface area contributed by atoms with Gasteiger partial charge in [-0.25, -0.2) is 4.90 Å². The van der Waals surface area contributed by atoms with Crippen LogP contribution in [-0.4, -0.2) is 34.7 Å². The second kappa shape index (κ2) is 5.38. The average molecular weight is 361 g/mol. The molecule has 0 unspecified atom stereocenters. The molecule has 136 valence electrons. The molecule has 2 fully saturated rings. The van der Waals surface area contributed by atoms with E-state index < -0.39 is 23.0 Å². The lowest BCUT2D eigenvalue weighted by Gasteiger charge is -2.27. The van der Waals surface area contributed by atoms with Crippen molar-refractivity contribution < 1.29 is 19.4 Å². The van der Waals surface area contributed by atoms with Gasteiger partial charge in [0.1, 0.15) is 5.60 Å². The second-order valence-corrected chi connectivity index (χ2v) is 7.58. The molecule has 5 rings (SSSR count). The van der Waals surface area contributed by atoms with Crippen molar-refractivity contribution in [2.75, 3.05) is 11.5 Å². The number of anilines is 1. The number of fused-ring (bicyclic) bond motifs is 5. The number of rotatable bonds is 3. The molecule has 2 saturated heterocycles. The van der Waals surface area contributed by atoms with Gasteiger partial charge < -0.3 is 9.84 Å². The molecule has 27 heavy (non-hydrogen) atoms. The van der Waals surface area contributed by atoms with E-state index in [0.29, 0.717) is 5.69 Å². The van der Waals surface area contributed by atoms with E-state index in [2.05, 4.69) is 0 Å². The highest BCUT2D eigenvalue weighted by Crippen LogP contribution is 2.57. The van der Waals surface area contributed by atoms with Crippen LogP contribution in [0.5, 0.6) is 0 Å². The number of carbonyl (C=O) groups is 2. The number of carbonyl (C=O) groups excluding carboxylic acids is 2. The van der Waals surface area contributed by atoms with Gasteiger partial charge in [0.2, 0.25) is 11.8 Å². The van der Waals surface area contributed by atoms with E-state index in [1.54, 1.807) is 12.1 Å². The highest BCUT2D eigenvalue weighted by Gasteiger charge is 2.72. The number of benzene rings is 2. The summed E-state index contributed by atoms with van der Waals surface area (Å²) in [5, 5.41) is 9.94. The van der Waals surface area contributed by atoms with Crippen LogP contribution in [0.15, 0.2) is 66.7 Å². The van der Waals surface area contributed by atoms with E-state index in [-0.39, 0.29) is 18.4 Å². The molecule has 0 aliphatic carbocycles. The maximum absolute atomic E-state index is 13.4. The number of hydrogen-bond donors (Lipinski definition) is 1. The number of hydrogen-bond acceptors (Lipinski definition) is 4. The Morgan fingerprint density at radius 2 is 1.63 bits per heavy atom. The van der Waals surface area contributed by atoms with Gasteiger partial charge in [0.25, 0.3) is 0 Å². The molecule has 3 aliphatic rings. The average Bonchev–Trinajstić information content (AvgIpc) is 3.28. The molecule has 3 aliphatic heterocycles. The van der Waals surface area contributed by atoms with Crippen LogP contribution in [0.2, 0.25) is 0 Å². The Kier molecular flexibility index (Phi) is 3.27. The number of ether oxygens (including phenoxy) is 1. The Labute approximate surface area is 156 Å². The van der Waals surface area contributed by atoms with Crippen LogP contribution in [-0.2, 0) is 14.3 Å². The summed E-state index contributed by atoms with van der Waals surface area (Å²) in [4.78, 5) is 28.0. The van der Waals surface area contributed by atoms with Gasteiger partial charge in [-0.15, -0.1) is 0 Å². The van der Waals surface area contributed by atoms with Crippen molar-refractivity contribution in [3.8, 4) is 11.1 Å². The number of aliphatic hydroxyl groups is 1. The van der Waals surface area contributed by atoms with E-state index >= 15 is 0 Å². The third-order valence-corrected chi connectivity index (χ3v) is 6.03. The Bertz CT molecular complexity index is 985. The lowest BCUT2D eigenvalue weighted by molar-refractivity contribution is -0.131. The summed E-state index contributed by atoms with van der Waals surface area (Å²) in [5.74, 6) is -1.90. The molecule has 0 aromatic heterocycles. The minimum atomic E-state index is -1.11. The summed E-state index contributed by atoms with van der Waals surface area (Å²) in [5.41, 5.74) is 0.360. The largest absolute Gasteiger partial charge is 0.393 e. The number of nitrogens with zero attached hydrogens (tertiary/aromatic N) is 1. The third kappa shape index (κ3) is 2.01. The first-order valence-electron chi connectivity index (χ1n) is 9.04. The van der Waals surface area contributed by atoms with E-state index in [1.165, 1.54) is 4.90 Å². The summed E-state index contributed by atoms with van der Waals surface area (Å²) in [6.45, 7) is 1.48. The van der Waals surface area contributed by atoms with Crippen molar-refractivity contribution in [1.29, 1.82) is 0 Å². The molecule has 3 heterocycles. The van der Waals surface area contributed by atoms with Gasteiger partial charge in [-0.05, 0) is 18.6 Å². The number of imide groups is 1. The Morgan fingerprint density at radius 3 is 2.37 bits per heavy atom. The topological polar surface area (TPSA) is 66.8 Å². The quantitative estimate of drug-likeness (QED) is 0.674. The molecular weight excluding hydrogens is 342 g/mol. The van der Waals surface area contributed by atoms with Crippen LogP contribution in [0.4, 0.5) is 5.69 Å². The summed E-state index contributed by atoms with van der Waals surface area (Å²) < 4.78 is 5.97. The van der Waals surface area contributed by atoms with Crippen LogP contribution >= 0.6 is 0 Å². The predicted molar refractivity (Wildman–Crippen MR) is 99.8 cm³/mol. The molecule has 2 aromatic carbocycles. The van der Waals surface area contributed by atoms with Gasteiger partial charge in [0, 0.05) is 5.56 Å². The Balaban J connectivity index is 1.64. The molecule has 0 saturated carbocycles. The van der Waals surface area contributed by atoms with E-state index in [1.807, 2.05) is 61.5 Å². The minimum absolute atomic E-state index is 0.268. The van der Waals surface area contributed by atoms with Crippen molar-refractivity contribution in [2.45, 2.75) is 18.1 Å². The highest BCUT2D eigenvalue weighted by molar-refractivity contribution is 6.24. The van der Waals surface area contributed by atoms with Gasteiger partial charge in [0.05, 0.1) is 29.7 Å². The predicted octanol–water partition coefficient (Wildman–Crippen LogP) is 2.55. The first kappa shape index (κ1) is 16.4. The lowest BCUT2D eigenvalue weighted by atomic mass is 9.73. The van der Waals surface area contributed by atoms with Gasteiger partial charge >= 0.3 is 0 Å². The van der Waals surface area contributed by atoms with E-state index in [9.17, 15) is 14.7 Å². The highest BCUT2D eigenvalue weighted by atomic mass is 16.5. The van der Waals surface area contributed by atoms with Crippen LogP contribution < -0.4 is 4.90 Å². The number of amides is 2. The van der Waals surface area contributed by atoms with Crippen molar-refractivity contribution in [3.63, 3.8) is 0 Å². The molecule has 2 aromatic rings. The second-order valence-electron chi connectivity index (χ2n) is 7.58. The molecular formula is C22H19NO4. The number of aliphatic hydroxyl groups excluding tert-OH is 1. The maximum Gasteiger partial charge on any atom is 0.241 e. The smallest absolute Gasteiger partial charge is 0.241 e. The van der Waals surface area contributed by atoms with Crippen LogP contribution in [0, 0.1) is 11.8 Å². The van der Waals surface area contributed by atoms with Gasteiger partial charge in [0.15, 0.2) is 0 Å². The molecule has 0 spiro atoms. The van der Waals surface area contributed by atoms with Crippen LogP contribution in [0.1, 0.15) is 6.92 Å². The maximum atomic E-state index is 13.4. The summed E-state index contributed by atoms with van der Waals surface area (Å²) in [6, 6.07) is 17.1. The van der Waals surface area contributed by atoms with Crippen LogP contribution in [0.3, 0.4) is 0 Å². The lowest BCUT2D eigenvalue weighted by Crippen LogP contribution is -2.43. The first-order chi connectivity index (χ1) is 13.0.